The summed E-state index contributed by atoms with van der Waals surface area (Å²) in [4.78, 5) is 34.1. The lowest BCUT2D eigenvalue weighted by Gasteiger charge is -2.09. The summed E-state index contributed by atoms with van der Waals surface area (Å²) in [5, 5.41) is 11.5. The molecular formula is C24H25N7O3. The van der Waals surface area contributed by atoms with Crippen LogP contribution in [0.4, 0.5) is 5.82 Å². The van der Waals surface area contributed by atoms with Crippen LogP contribution in [-0.4, -0.2) is 48.0 Å². The van der Waals surface area contributed by atoms with Gasteiger partial charge in [0.15, 0.2) is 6.61 Å². The number of aromatic nitrogens is 6. The molecule has 0 aliphatic heterocycles. The molecule has 0 aliphatic rings. The van der Waals surface area contributed by atoms with Crippen molar-refractivity contribution in [3.63, 3.8) is 0 Å². The molecule has 3 heterocycles. The van der Waals surface area contributed by atoms with Crippen molar-refractivity contribution in [3.8, 4) is 11.6 Å². The minimum absolute atomic E-state index is 0.334. The van der Waals surface area contributed by atoms with Gasteiger partial charge in [-0.1, -0.05) is 18.2 Å². The lowest BCUT2D eigenvalue weighted by molar-refractivity contribution is -0.119. The number of nitrogens with one attached hydrogen (secondary N) is 1. The first-order chi connectivity index (χ1) is 16.2. The number of aryl methyl sites for hydroxylation is 4. The lowest BCUT2D eigenvalue weighted by Crippen LogP contribution is -2.23. The van der Waals surface area contributed by atoms with Crippen LogP contribution in [0.5, 0.6) is 0 Å². The Balaban J connectivity index is 1.47. The maximum Gasteiger partial charge on any atom is 0.342 e. The van der Waals surface area contributed by atoms with Crippen LogP contribution in [-0.2, 0) is 9.53 Å². The van der Waals surface area contributed by atoms with Gasteiger partial charge in [-0.25, -0.2) is 19.4 Å². The van der Waals surface area contributed by atoms with Crippen LogP contribution in [0.1, 0.15) is 38.8 Å². The fraction of sp³-hybridized carbons (Fsp3) is 0.250. The van der Waals surface area contributed by atoms with E-state index in [0.717, 1.165) is 17.1 Å². The van der Waals surface area contributed by atoms with E-state index in [9.17, 15) is 9.59 Å². The Bertz CT molecular complexity index is 1350. The van der Waals surface area contributed by atoms with Crippen molar-refractivity contribution in [2.45, 2.75) is 34.6 Å². The highest BCUT2D eigenvalue weighted by Gasteiger charge is 2.22. The summed E-state index contributed by atoms with van der Waals surface area (Å²) < 4.78 is 8.43. The Labute approximate surface area is 196 Å². The zero-order valence-corrected chi connectivity index (χ0v) is 19.7. The summed E-state index contributed by atoms with van der Waals surface area (Å²) >= 11 is 0. The molecule has 3 aromatic heterocycles. The van der Waals surface area contributed by atoms with E-state index < -0.39 is 18.5 Å². The monoisotopic (exact) mass is 459 g/mol. The molecule has 0 spiro atoms. The predicted octanol–water partition coefficient (Wildman–Crippen LogP) is 3.19. The second-order valence-electron chi connectivity index (χ2n) is 7.95. The first-order valence-corrected chi connectivity index (χ1v) is 10.7. The molecule has 0 unspecified atom stereocenters. The molecule has 0 radical (unpaired) electrons. The number of carbonyl (C=O) groups excluding carboxylic acids is 2. The summed E-state index contributed by atoms with van der Waals surface area (Å²) in [6.45, 7) is 8.56. The van der Waals surface area contributed by atoms with Crippen molar-refractivity contribution < 1.29 is 14.3 Å². The van der Waals surface area contributed by atoms with Gasteiger partial charge in [-0.15, -0.1) is 0 Å². The van der Waals surface area contributed by atoms with Gasteiger partial charge in [0.2, 0.25) is 0 Å². The average Bonchev–Trinajstić information content (AvgIpc) is 3.30. The van der Waals surface area contributed by atoms with E-state index in [1.807, 2.05) is 50.2 Å². The number of carbonyl (C=O) groups is 2. The summed E-state index contributed by atoms with van der Waals surface area (Å²) in [5.41, 5.74) is 4.56. The number of hydrogen-bond acceptors (Lipinski definition) is 7. The standard InChI is InChI=1S/C24H25N7O3/c1-14-11-15(2)26-24(25-14)31-20(12-16(3)28-31)27-21(32)13-34-23(33)22-17(4)29-30(18(22)5)19-9-7-6-8-10-19/h6-12H,13H2,1-5H3,(H,27,32). The Hall–Kier alpha value is -4.34. The van der Waals surface area contributed by atoms with Crippen LogP contribution >= 0.6 is 0 Å². The number of hydrogen-bond donors (Lipinski definition) is 1. The third kappa shape index (κ3) is 4.70. The maximum atomic E-state index is 12.8. The van der Waals surface area contributed by atoms with E-state index in [2.05, 4.69) is 25.5 Å². The van der Waals surface area contributed by atoms with Crippen LogP contribution in [0.3, 0.4) is 0 Å². The number of nitrogens with zero attached hydrogens (tertiary/aromatic N) is 6. The molecule has 1 amide bonds. The summed E-state index contributed by atoms with van der Waals surface area (Å²) in [7, 11) is 0. The van der Waals surface area contributed by atoms with Gasteiger partial charge in [0.25, 0.3) is 11.9 Å². The van der Waals surface area contributed by atoms with Gasteiger partial charge in [-0.2, -0.15) is 14.9 Å². The lowest BCUT2D eigenvalue weighted by atomic mass is 10.2. The number of ether oxygens (including phenoxy) is 1. The molecule has 1 aromatic carbocycles. The van der Waals surface area contributed by atoms with E-state index in [4.69, 9.17) is 4.74 Å². The van der Waals surface area contributed by atoms with Crippen molar-refractivity contribution in [1.82, 2.24) is 29.5 Å². The molecule has 10 heteroatoms. The minimum atomic E-state index is -0.616. The normalized spacial score (nSPS) is 10.9. The quantitative estimate of drug-likeness (QED) is 0.440. The molecule has 0 fully saturated rings. The van der Waals surface area contributed by atoms with Crippen LogP contribution < -0.4 is 5.32 Å². The topological polar surface area (TPSA) is 117 Å². The molecular weight excluding hydrogens is 434 g/mol. The number of amides is 1. The highest BCUT2D eigenvalue weighted by atomic mass is 16.5. The highest BCUT2D eigenvalue weighted by Crippen LogP contribution is 2.19. The molecule has 0 aliphatic carbocycles. The van der Waals surface area contributed by atoms with Crippen molar-refractivity contribution in [3.05, 3.63) is 76.5 Å². The van der Waals surface area contributed by atoms with Crippen molar-refractivity contribution >= 4 is 17.7 Å². The van der Waals surface area contributed by atoms with Gasteiger partial charge in [-0.05, 0) is 52.8 Å². The summed E-state index contributed by atoms with van der Waals surface area (Å²) in [5.74, 6) is -0.399. The van der Waals surface area contributed by atoms with Crippen LogP contribution in [0.2, 0.25) is 0 Å². The van der Waals surface area contributed by atoms with Gasteiger partial charge in [-0.3, -0.25) is 4.79 Å². The van der Waals surface area contributed by atoms with Crippen LogP contribution in [0.25, 0.3) is 11.6 Å². The molecule has 0 atom stereocenters. The second-order valence-corrected chi connectivity index (χ2v) is 7.95. The number of rotatable bonds is 6. The molecule has 0 saturated heterocycles. The molecule has 4 aromatic rings. The van der Waals surface area contributed by atoms with E-state index in [0.29, 0.717) is 34.4 Å². The molecule has 1 N–H and O–H groups in total. The maximum absolute atomic E-state index is 12.8. The van der Waals surface area contributed by atoms with Gasteiger partial charge in [0.05, 0.1) is 22.8 Å². The first-order valence-electron chi connectivity index (χ1n) is 10.7. The Morgan fingerprint density at radius 2 is 1.56 bits per heavy atom. The zero-order valence-electron chi connectivity index (χ0n) is 19.7. The summed E-state index contributed by atoms with van der Waals surface area (Å²) in [6.07, 6.45) is 0. The van der Waals surface area contributed by atoms with Gasteiger partial charge >= 0.3 is 5.97 Å². The number of benzene rings is 1. The minimum Gasteiger partial charge on any atom is -0.452 e. The van der Waals surface area contributed by atoms with E-state index in [1.165, 1.54) is 4.68 Å². The Kier molecular flexibility index (Phi) is 6.22. The largest absolute Gasteiger partial charge is 0.452 e. The molecule has 0 bridgehead atoms. The van der Waals surface area contributed by atoms with Crippen LogP contribution in [0, 0.1) is 34.6 Å². The second kappa shape index (κ2) is 9.26. The third-order valence-electron chi connectivity index (χ3n) is 5.09. The molecule has 0 saturated carbocycles. The molecule has 4 rings (SSSR count). The van der Waals surface area contributed by atoms with E-state index >= 15 is 0 Å². The molecule has 10 nitrogen and oxygen atoms in total. The third-order valence-corrected chi connectivity index (χ3v) is 5.09. The van der Waals surface area contributed by atoms with E-state index in [1.54, 1.807) is 31.5 Å². The molecule has 34 heavy (non-hydrogen) atoms. The molecule has 174 valence electrons. The number of esters is 1. The Morgan fingerprint density at radius 1 is 0.882 bits per heavy atom. The fourth-order valence-corrected chi connectivity index (χ4v) is 3.68. The Morgan fingerprint density at radius 3 is 2.24 bits per heavy atom. The zero-order chi connectivity index (χ0) is 24.4. The van der Waals surface area contributed by atoms with Crippen LogP contribution in [0.15, 0.2) is 42.5 Å². The summed E-state index contributed by atoms with van der Waals surface area (Å²) in [6, 6.07) is 13.0. The van der Waals surface area contributed by atoms with Crippen molar-refractivity contribution in [2.75, 3.05) is 11.9 Å². The average molecular weight is 460 g/mol. The first kappa shape index (κ1) is 22.8. The van der Waals surface area contributed by atoms with Gasteiger partial charge < -0.3 is 10.1 Å². The van der Waals surface area contributed by atoms with Gasteiger partial charge in [0.1, 0.15) is 11.4 Å². The number of para-hydroxylation sites is 1. The number of anilines is 1. The van der Waals surface area contributed by atoms with E-state index in [-0.39, 0.29) is 0 Å². The fourth-order valence-electron chi connectivity index (χ4n) is 3.68. The SMILES string of the molecule is Cc1cc(C)nc(-n2nc(C)cc2NC(=O)COC(=O)c2c(C)nn(-c3ccccc3)c2C)n1. The predicted molar refractivity (Wildman–Crippen MR) is 125 cm³/mol. The van der Waals surface area contributed by atoms with Crippen molar-refractivity contribution in [1.29, 1.82) is 0 Å². The van der Waals surface area contributed by atoms with Gasteiger partial charge in [0, 0.05) is 17.5 Å². The smallest absolute Gasteiger partial charge is 0.342 e. The highest BCUT2D eigenvalue weighted by molar-refractivity contribution is 5.96. The van der Waals surface area contributed by atoms with Crippen molar-refractivity contribution in [2.24, 2.45) is 0 Å².